The summed E-state index contributed by atoms with van der Waals surface area (Å²) >= 11 is 0. The van der Waals surface area contributed by atoms with Gasteiger partial charge in [0.2, 0.25) is 0 Å². The van der Waals surface area contributed by atoms with Gasteiger partial charge in [-0.05, 0) is 38.5 Å². The molecule has 2 N–H and O–H groups in total. The Labute approximate surface area is 203 Å². The number of amides is 1. The molecular formula is C24H27N7O4. The number of morpholine rings is 1. The lowest BCUT2D eigenvalue weighted by atomic mass is 10.0. The molecular weight excluding hydrogens is 450 g/mol. The van der Waals surface area contributed by atoms with Crippen molar-refractivity contribution >= 4 is 23.5 Å². The van der Waals surface area contributed by atoms with Crippen molar-refractivity contribution in [3.63, 3.8) is 0 Å². The van der Waals surface area contributed by atoms with Crippen LogP contribution in [0.4, 0.5) is 22.2 Å². The molecule has 0 saturated carbocycles. The average molecular weight is 478 g/mol. The van der Waals surface area contributed by atoms with Crippen LogP contribution in [0.5, 0.6) is 5.75 Å². The van der Waals surface area contributed by atoms with Crippen molar-refractivity contribution in [1.29, 1.82) is 0 Å². The van der Waals surface area contributed by atoms with Crippen molar-refractivity contribution in [2.75, 3.05) is 32.1 Å². The highest BCUT2D eigenvalue weighted by Gasteiger charge is 2.29. The van der Waals surface area contributed by atoms with Gasteiger partial charge < -0.3 is 29.3 Å². The Kier molecular flexibility index (Phi) is 6.84. The zero-order chi connectivity index (χ0) is 25.0. The minimum Gasteiger partial charge on any atom is -0.496 e. The smallest absolute Gasteiger partial charge is 0.410 e. The molecule has 182 valence electrons. The average Bonchev–Trinajstić information content (AvgIpc) is 3.31. The standard InChI is InChI=1S/C24H27N7O4/c1-24(2,3)35-23(32)31-8-9-34-19(14-31)15-6-7-16(18(10-15)33-5)17-11-20(30-29-17)28-22-13-26-21(25-4)12-27-22/h6-7,10-13,19H,8-9,14H2,1-3,5H3,(H2,27,28,29,30)/t19-/m0/s1. The SMILES string of the molecule is [C-]#[N+]c1cnc(Nc2cc(-c3ccc([C@@H]4CN(C(=O)OC(C)(C)C)CCO4)cc3OC)[nH]n2)cn1. The fourth-order valence-electron chi connectivity index (χ4n) is 3.57. The van der Waals surface area contributed by atoms with Crippen LogP contribution in [-0.2, 0) is 9.47 Å². The summed E-state index contributed by atoms with van der Waals surface area (Å²) in [5.41, 5.74) is 1.89. The van der Waals surface area contributed by atoms with Gasteiger partial charge in [-0.25, -0.2) is 9.78 Å². The summed E-state index contributed by atoms with van der Waals surface area (Å²) < 4.78 is 17.1. The number of anilines is 2. The number of carbonyl (C=O) groups excluding carboxylic acids is 1. The Morgan fingerprint density at radius 1 is 1.26 bits per heavy atom. The van der Waals surface area contributed by atoms with Gasteiger partial charge in [-0.1, -0.05) is 12.6 Å². The van der Waals surface area contributed by atoms with Crippen LogP contribution in [0.1, 0.15) is 32.4 Å². The number of methoxy groups -OCH3 is 1. The van der Waals surface area contributed by atoms with E-state index in [1.807, 2.05) is 45.0 Å². The second kappa shape index (κ2) is 9.99. The third-order valence-electron chi connectivity index (χ3n) is 5.19. The summed E-state index contributed by atoms with van der Waals surface area (Å²) in [6, 6.07) is 7.60. The maximum atomic E-state index is 12.5. The predicted octanol–water partition coefficient (Wildman–Crippen LogP) is 4.48. The van der Waals surface area contributed by atoms with E-state index in [-0.39, 0.29) is 18.0 Å². The zero-order valence-electron chi connectivity index (χ0n) is 20.0. The van der Waals surface area contributed by atoms with Crippen molar-refractivity contribution in [1.82, 2.24) is 25.1 Å². The normalized spacial score (nSPS) is 15.9. The van der Waals surface area contributed by atoms with Crippen LogP contribution in [0, 0.1) is 6.57 Å². The van der Waals surface area contributed by atoms with Crippen LogP contribution in [0.15, 0.2) is 36.7 Å². The van der Waals surface area contributed by atoms with E-state index >= 15 is 0 Å². The summed E-state index contributed by atoms with van der Waals surface area (Å²) in [6.07, 6.45) is 2.22. The highest BCUT2D eigenvalue weighted by atomic mass is 16.6. The van der Waals surface area contributed by atoms with E-state index in [4.69, 9.17) is 20.8 Å². The number of hydrogen-bond acceptors (Lipinski definition) is 8. The van der Waals surface area contributed by atoms with Gasteiger partial charge in [0.05, 0.1) is 32.2 Å². The van der Waals surface area contributed by atoms with E-state index in [1.165, 1.54) is 12.4 Å². The molecule has 3 heterocycles. The minimum absolute atomic E-state index is 0.222. The van der Waals surface area contributed by atoms with Gasteiger partial charge in [0.15, 0.2) is 17.8 Å². The van der Waals surface area contributed by atoms with Gasteiger partial charge in [0, 0.05) is 18.2 Å². The van der Waals surface area contributed by atoms with Crippen LogP contribution in [-0.4, -0.2) is 63.6 Å². The zero-order valence-corrected chi connectivity index (χ0v) is 20.0. The summed E-state index contributed by atoms with van der Waals surface area (Å²) in [4.78, 5) is 25.5. The lowest BCUT2D eigenvalue weighted by molar-refractivity contribution is -0.0433. The van der Waals surface area contributed by atoms with Gasteiger partial charge in [0.25, 0.3) is 5.82 Å². The molecule has 1 aliphatic rings. The maximum absolute atomic E-state index is 12.5. The number of nitrogens with zero attached hydrogens (tertiary/aromatic N) is 5. The molecule has 0 radical (unpaired) electrons. The monoisotopic (exact) mass is 477 g/mol. The Bertz CT molecular complexity index is 1230. The van der Waals surface area contributed by atoms with E-state index in [2.05, 4.69) is 30.3 Å². The summed E-state index contributed by atoms with van der Waals surface area (Å²) in [5, 5.41) is 10.3. The molecule has 11 nitrogen and oxygen atoms in total. The molecule has 1 saturated heterocycles. The number of aromatic amines is 1. The lowest BCUT2D eigenvalue weighted by Gasteiger charge is -2.34. The van der Waals surface area contributed by atoms with Crippen LogP contribution < -0.4 is 10.1 Å². The topological polar surface area (TPSA) is 119 Å². The van der Waals surface area contributed by atoms with Gasteiger partial charge in [-0.15, -0.1) is 4.98 Å². The van der Waals surface area contributed by atoms with Crippen molar-refractivity contribution in [2.24, 2.45) is 0 Å². The molecule has 3 aromatic rings. The van der Waals surface area contributed by atoms with Crippen LogP contribution in [0.2, 0.25) is 0 Å². The highest BCUT2D eigenvalue weighted by Crippen LogP contribution is 2.34. The van der Waals surface area contributed by atoms with E-state index in [0.717, 1.165) is 16.8 Å². The Morgan fingerprint density at radius 3 is 2.77 bits per heavy atom. The first-order valence-corrected chi connectivity index (χ1v) is 11.1. The third kappa shape index (κ3) is 5.85. The van der Waals surface area contributed by atoms with Crippen LogP contribution in [0.25, 0.3) is 16.1 Å². The van der Waals surface area contributed by atoms with Crippen LogP contribution in [0.3, 0.4) is 0 Å². The van der Waals surface area contributed by atoms with Crippen molar-refractivity contribution in [3.8, 4) is 17.0 Å². The van der Waals surface area contributed by atoms with Crippen molar-refractivity contribution < 1.29 is 19.0 Å². The maximum Gasteiger partial charge on any atom is 0.410 e. The second-order valence-electron chi connectivity index (χ2n) is 8.91. The number of benzene rings is 1. The number of nitrogens with one attached hydrogen (secondary N) is 2. The molecule has 2 aromatic heterocycles. The Balaban J connectivity index is 1.49. The molecule has 0 bridgehead atoms. The van der Waals surface area contributed by atoms with E-state index in [0.29, 0.717) is 37.1 Å². The number of ether oxygens (including phenoxy) is 3. The molecule has 4 rings (SSSR count). The van der Waals surface area contributed by atoms with Gasteiger partial charge in [0.1, 0.15) is 17.5 Å². The van der Waals surface area contributed by atoms with E-state index in [1.54, 1.807) is 12.0 Å². The highest BCUT2D eigenvalue weighted by molar-refractivity contribution is 5.71. The molecule has 0 spiro atoms. The fraction of sp³-hybridized carbons (Fsp3) is 0.375. The van der Waals surface area contributed by atoms with E-state index < -0.39 is 5.60 Å². The molecule has 1 aliphatic heterocycles. The quantitative estimate of drug-likeness (QED) is 0.517. The minimum atomic E-state index is -0.554. The fourth-order valence-corrected chi connectivity index (χ4v) is 3.57. The summed E-state index contributed by atoms with van der Waals surface area (Å²) in [6.45, 7) is 13.8. The number of rotatable bonds is 5. The molecule has 1 aromatic carbocycles. The Hall–Kier alpha value is -4.17. The van der Waals surface area contributed by atoms with Crippen molar-refractivity contribution in [2.45, 2.75) is 32.5 Å². The number of carbonyl (C=O) groups is 1. The summed E-state index contributed by atoms with van der Waals surface area (Å²) in [7, 11) is 1.60. The number of H-pyrrole nitrogens is 1. The lowest BCUT2D eigenvalue weighted by Crippen LogP contribution is -2.44. The van der Waals surface area contributed by atoms with Gasteiger partial charge >= 0.3 is 6.09 Å². The first kappa shape index (κ1) is 24.0. The number of hydrogen-bond donors (Lipinski definition) is 2. The second-order valence-corrected chi connectivity index (χ2v) is 8.91. The molecule has 35 heavy (non-hydrogen) atoms. The predicted molar refractivity (Wildman–Crippen MR) is 129 cm³/mol. The molecule has 0 unspecified atom stereocenters. The molecule has 1 atom stereocenters. The molecule has 0 aliphatic carbocycles. The third-order valence-corrected chi connectivity index (χ3v) is 5.19. The largest absolute Gasteiger partial charge is 0.496 e. The van der Waals surface area contributed by atoms with Crippen LogP contribution >= 0.6 is 0 Å². The first-order chi connectivity index (χ1) is 16.8. The van der Waals surface area contributed by atoms with Gasteiger partial charge in [-0.3, -0.25) is 5.10 Å². The molecule has 1 amide bonds. The summed E-state index contributed by atoms with van der Waals surface area (Å²) in [5.74, 6) is 1.87. The van der Waals surface area contributed by atoms with E-state index in [9.17, 15) is 4.79 Å². The Morgan fingerprint density at radius 2 is 2.09 bits per heavy atom. The van der Waals surface area contributed by atoms with Gasteiger partial charge in [-0.2, -0.15) is 5.10 Å². The van der Waals surface area contributed by atoms with Crippen molar-refractivity contribution in [3.05, 3.63) is 53.6 Å². The number of aromatic nitrogens is 4. The molecule has 11 heteroatoms. The molecule has 1 fully saturated rings. The first-order valence-electron chi connectivity index (χ1n) is 11.1.